The molecule has 1 aromatic carbocycles. The summed E-state index contributed by atoms with van der Waals surface area (Å²) in [6.45, 7) is 3.79. The molecule has 6 heteroatoms. The lowest BCUT2D eigenvalue weighted by molar-refractivity contribution is -0.117. The number of carbonyl (C=O) groups excluding carboxylic acids is 1. The molecule has 0 atom stereocenters. The van der Waals surface area contributed by atoms with Crippen molar-refractivity contribution in [3.05, 3.63) is 46.8 Å². The van der Waals surface area contributed by atoms with Gasteiger partial charge in [0.05, 0.1) is 0 Å². The molecule has 0 spiro atoms. The third-order valence-electron chi connectivity index (χ3n) is 4.09. The Morgan fingerprint density at radius 2 is 2.00 bits per heavy atom. The molecule has 0 bridgehead atoms. The van der Waals surface area contributed by atoms with Crippen molar-refractivity contribution in [1.29, 1.82) is 0 Å². The number of hydrogen-bond acceptors (Lipinski definition) is 2. The number of carbonyl (C=O) groups is 1. The standard InChI is InChI=1S/C17H19F2N3O/c1-10-4-3-5-11(2)16(10)20-15(23)9-22-14(12-6-7-12)8-13(21-22)17(18)19/h3-5,8,12,17H,6-7,9H2,1-2H3,(H,20,23). The van der Waals surface area contributed by atoms with Gasteiger partial charge in [0.15, 0.2) is 0 Å². The van der Waals surface area contributed by atoms with E-state index in [1.165, 1.54) is 10.7 Å². The summed E-state index contributed by atoms with van der Waals surface area (Å²) >= 11 is 0. The zero-order valence-corrected chi connectivity index (χ0v) is 13.1. The van der Waals surface area contributed by atoms with E-state index in [1.807, 2.05) is 32.0 Å². The maximum atomic E-state index is 12.9. The maximum absolute atomic E-state index is 12.9. The van der Waals surface area contributed by atoms with Crippen molar-refractivity contribution in [1.82, 2.24) is 9.78 Å². The smallest absolute Gasteiger partial charge is 0.282 e. The van der Waals surface area contributed by atoms with Gasteiger partial charge in [0.2, 0.25) is 5.91 Å². The van der Waals surface area contributed by atoms with Crippen molar-refractivity contribution >= 4 is 11.6 Å². The topological polar surface area (TPSA) is 46.9 Å². The highest BCUT2D eigenvalue weighted by Gasteiger charge is 2.30. The highest BCUT2D eigenvalue weighted by molar-refractivity contribution is 5.92. The third kappa shape index (κ3) is 3.41. The molecular formula is C17H19F2N3O. The number of hydrogen-bond donors (Lipinski definition) is 1. The van der Waals surface area contributed by atoms with E-state index in [4.69, 9.17) is 0 Å². The largest absolute Gasteiger partial charge is 0.324 e. The van der Waals surface area contributed by atoms with Crippen LogP contribution in [-0.4, -0.2) is 15.7 Å². The molecule has 1 heterocycles. The van der Waals surface area contributed by atoms with E-state index >= 15 is 0 Å². The lowest BCUT2D eigenvalue weighted by atomic mass is 10.1. The predicted octanol–water partition coefficient (Wildman–Crippen LogP) is 3.95. The molecule has 1 saturated carbocycles. The molecule has 0 aliphatic heterocycles. The number of alkyl halides is 2. The van der Waals surface area contributed by atoms with Crippen LogP contribution in [0.2, 0.25) is 0 Å². The zero-order chi connectivity index (χ0) is 16.6. The van der Waals surface area contributed by atoms with Gasteiger partial charge in [0.1, 0.15) is 12.2 Å². The predicted molar refractivity (Wildman–Crippen MR) is 83.7 cm³/mol. The van der Waals surface area contributed by atoms with E-state index in [1.54, 1.807) is 0 Å². The maximum Gasteiger partial charge on any atom is 0.282 e. The second-order valence-electron chi connectivity index (χ2n) is 6.04. The molecule has 1 amide bonds. The molecule has 0 unspecified atom stereocenters. The van der Waals surface area contributed by atoms with E-state index in [0.717, 1.165) is 35.3 Å². The van der Waals surface area contributed by atoms with Gasteiger partial charge < -0.3 is 5.32 Å². The van der Waals surface area contributed by atoms with Crippen LogP contribution in [0.4, 0.5) is 14.5 Å². The van der Waals surface area contributed by atoms with Gasteiger partial charge in [-0.05, 0) is 43.9 Å². The van der Waals surface area contributed by atoms with Gasteiger partial charge in [-0.3, -0.25) is 9.48 Å². The summed E-state index contributed by atoms with van der Waals surface area (Å²) in [5.74, 6) is -0.00351. The molecule has 4 nitrogen and oxygen atoms in total. The first-order valence-corrected chi connectivity index (χ1v) is 7.67. The van der Waals surface area contributed by atoms with Crippen LogP contribution in [0.25, 0.3) is 0 Å². The number of para-hydroxylation sites is 1. The number of aryl methyl sites for hydroxylation is 2. The fourth-order valence-corrected chi connectivity index (χ4v) is 2.72. The van der Waals surface area contributed by atoms with Crippen LogP contribution in [0.1, 0.15) is 47.7 Å². The Balaban J connectivity index is 1.77. The number of amides is 1. The molecule has 1 aliphatic rings. The molecule has 122 valence electrons. The molecule has 1 N–H and O–H groups in total. The quantitative estimate of drug-likeness (QED) is 0.907. The molecule has 1 fully saturated rings. The summed E-state index contributed by atoms with van der Waals surface area (Å²) in [5.41, 5.74) is 3.18. The van der Waals surface area contributed by atoms with E-state index in [0.29, 0.717) is 0 Å². The highest BCUT2D eigenvalue weighted by Crippen LogP contribution is 2.41. The van der Waals surface area contributed by atoms with Crippen molar-refractivity contribution in [3.8, 4) is 0 Å². The van der Waals surface area contributed by atoms with Gasteiger partial charge in [0.25, 0.3) is 6.43 Å². The molecule has 0 saturated heterocycles. The summed E-state index contributed by atoms with van der Waals surface area (Å²) in [4.78, 5) is 12.3. The van der Waals surface area contributed by atoms with Crippen LogP contribution in [0.3, 0.4) is 0 Å². The first-order valence-electron chi connectivity index (χ1n) is 7.67. The minimum Gasteiger partial charge on any atom is -0.324 e. The summed E-state index contributed by atoms with van der Waals surface area (Å²) < 4.78 is 27.1. The Hall–Kier alpha value is -2.24. The first-order chi connectivity index (χ1) is 11.0. The van der Waals surface area contributed by atoms with Crippen molar-refractivity contribution in [2.24, 2.45) is 0 Å². The van der Waals surface area contributed by atoms with E-state index in [9.17, 15) is 13.6 Å². The van der Waals surface area contributed by atoms with Gasteiger partial charge in [0, 0.05) is 17.3 Å². The average molecular weight is 319 g/mol. The first kappa shape index (κ1) is 15.6. The summed E-state index contributed by atoms with van der Waals surface area (Å²) in [7, 11) is 0. The number of benzene rings is 1. The summed E-state index contributed by atoms with van der Waals surface area (Å²) in [5, 5.41) is 6.77. The monoisotopic (exact) mass is 319 g/mol. The number of nitrogens with zero attached hydrogens (tertiary/aromatic N) is 2. The molecule has 1 aliphatic carbocycles. The van der Waals surface area contributed by atoms with Crippen LogP contribution in [0, 0.1) is 13.8 Å². The zero-order valence-electron chi connectivity index (χ0n) is 13.1. The highest BCUT2D eigenvalue weighted by atomic mass is 19.3. The van der Waals surface area contributed by atoms with Gasteiger partial charge in [-0.2, -0.15) is 5.10 Å². The second-order valence-corrected chi connectivity index (χ2v) is 6.04. The summed E-state index contributed by atoms with van der Waals surface area (Å²) in [6.07, 6.45) is -0.685. The Morgan fingerprint density at radius 3 is 2.57 bits per heavy atom. The number of anilines is 1. The van der Waals surface area contributed by atoms with Gasteiger partial charge in [-0.25, -0.2) is 8.78 Å². The van der Waals surface area contributed by atoms with Crippen molar-refractivity contribution < 1.29 is 13.6 Å². The number of nitrogens with one attached hydrogen (secondary N) is 1. The molecule has 23 heavy (non-hydrogen) atoms. The van der Waals surface area contributed by atoms with Crippen molar-refractivity contribution in [2.45, 2.75) is 45.6 Å². The minimum absolute atomic E-state index is 0.0493. The number of rotatable bonds is 5. The Bertz CT molecular complexity index is 715. The van der Waals surface area contributed by atoms with Gasteiger partial charge in [-0.1, -0.05) is 18.2 Å². The van der Waals surface area contributed by atoms with Gasteiger partial charge in [-0.15, -0.1) is 0 Å². The molecular weight excluding hydrogens is 300 g/mol. The molecule has 1 aromatic heterocycles. The Labute approximate surface area is 133 Å². The normalized spacial score (nSPS) is 14.3. The van der Waals surface area contributed by atoms with Crippen LogP contribution in [0.5, 0.6) is 0 Å². The molecule has 0 radical (unpaired) electrons. The van der Waals surface area contributed by atoms with E-state index in [-0.39, 0.29) is 24.1 Å². The third-order valence-corrected chi connectivity index (χ3v) is 4.09. The molecule has 3 rings (SSSR count). The molecule has 2 aromatic rings. The van der Waals surface area contributed by atoms with Crippen molar-refractivity contribution in [3.63, 3.8) is 0 Å². The number of halogens is 2. The summed E-state index contributed by atoms with van der Waals surface area (Å²) in [6, 6.07) is 7.19. The van der Waals surface area contributed by atoms with E-state index in [2.05, 4.69) is 10.4 Å². The lowest BCUT2D eigenvalue weighted by Gasteiger charge is -2.12. The van der Waals surface area contributed by atoms with Gasteiger partial charge >= 0.3 is 0 Å². The second kappa shape index (κ2) is 6.10. The minimum atomic E-state index is -2.62. The van der Waals surface area contributed by atoms with Crippen LogP contribution >= 0.6 is 0 Å². The van der Waals surface area contributed by atoms with Crippen LogP contribution < -0.4 is 5.32 Å². The van der Waals surface area contributed by atoms with Crippen molar-refractivity contribution in [2.75, 3.05) is 5.32 Å². The Kier molecular flexibility index (Phi) is 4.15. The van der Waals surface area contributed by atoms with E-state index < -0.39 is 6.43 Å². The fraction of sp³-hybridized carbons (Fsp3) is 0.412. The SMILES string of the molecule is Cc1cccc(C)c1NC(=O)Cn1nc(C(F)F)cc1C1CC1. The number of aromatic nitrogens is 2. The van der Waals surface area contributed by atoms with Crippen LogP contribution in [-0.2, 0) is 11.3 Å². The lowest BCUT2D eigenvalue weighted by Crippen LogP contribution is -2.21. The van der Waals surface area contributed by atoms with Crippen LogP contribution in [0.15, 0.2) is 24.3 Å². The fourth-order valence-electron chi connectivity index (χ4n) is 2.72. The average Bonchev–Trinajstić information content (AvgIpc) is 3.24. The Morgan fingerprint density at radius 1 is 1.35 bits per heavy atom.